The summed E-state index contributed by atoms with van der Waals surface area (Å²) in [6.45, 7) is 2.10. The number of thioether (sulfide) groups is 1. The van der Waals surface area contributed by atoms with Crippen LogP contribution >= 0.6 is 11.8 Å². The van der Waals surface area contributed by atoms with Gasteiger partial charge in [-0.3, -0.25) is 0 Å². The Balaban J connectivity index is 1.62. The summed E-state index contributed by atoms with van der Waals surface area (Å²) in [5.41, 5.74) is 6.51. The monoisotopic (exact) mass is 468 g/mol. The summed E-state index contributed by atoms with van der Waals surface area (Å²) in [6, 6.07) is 24.7. The van der Waals surface area contributed by atoms with Crippen LogP contribution in [0.15, 0.2) is 83.5 Å². The van der Waals surface area contributed by atoms with Crippen LogP contribution in [-0.4, -0.2) is 28.1 Å². The van der Waals surface area contributed by atoms with Crippen LogP contribution in [0.4, 0.5) is 5.95 Å². The van der Waals surface area contributed by atoms with Crippen molar-refractivity contribution in [1.82, 2.24) is 14.8 Å². The molecule has 0 amide bonds. The van der Waals surface area contributed by atoms with Crippen LogP contribution in [0.2, 0.25) is 0 Å². The fourth-order valence-corrected chi connectivity index (χ4v) is 5.04. The minimum atomic E-state index is -0.325. The molecule has 2 aliphatic rings. The van der Waals surface area contributed by atoms with Crippen molar-refractivity contribution in [2.24, 2.45) is 0 Å². The minimum absolute atomic E-state index is 0.176. The van der Waals surface area contributed by atoms with Crippen molar-refractivity contribution in [2.75, 3.05) is 18.7 Å². The lowest BCUT2D eigenvalue weighted by Gasteiger charge is -2.39. The van der Waals surface area contributed by atoms with Gasteiger partial charge in [0.25, 0.3) is 0 Å². The molecule has 0 saturated heterocycles. The first-order valence-corrected chi connectivity index (χ1v) is 12.4. The average molecular weight is 469 g/mol. The Hall–Kier alpha value is -3.71. The number of anilines is 1. The number of nitrogens with one attached hydrogen (secondary N) is 1. The molecule has 4 aromatic rings. The van der Waals surface area contributed by atoms with E-state index in [1.807, 2.05) is 47.3 Å². The summed E-state index contributed by atoms with van der Waals surface area (Å²) in [5.74, 6) is 2.36. The highest BCUT2D eigenvalue weighted by atomic mass is 32.2. The van der Waals surface area contributed by atoms with E-state index in [4.69, 9.17) is 19.6 Å². The molecule has 7 heteroatoms. The first-order valence-electron chi connectivity index (χ1n) is 11.1. The van der Waals surface area contributed by atoms with Crippen molar-refractivity contribution in [2.45, 2.75) is 24.2 Å². The standard InChI is InChI=1S/C27H24N4O2S/c1-16-11-13-17(14-12-16)24-22-23(28-26-29-27(34-3)30-31(24)26)20-9-4-5-10-21(20)33-25(22)18-7-6-8-19(15-18)32-2/h4-15,24-25H,1-3H3,(H,28,29,30)/t24-,25+/m0/s1. The number of para-hydroxylation sites is 1. The van der Waals surface area contributed by atoms with Crippen molar-refractivity contribution in [3.05, 3.63) is 101 Å². The molecule has 0 radical (unpaired) electrons. The molecule has 0 bridgehead atoms. The van der Waals surface area contributed by atoms with Crippen LogP contribution in [0.3, 0.4) is 0 Å². The highest BCUT2D eigenvalue weighted by Crippen LogP contribution is 2.51. The molecule has 170 valence electrons. The number of methoxy groups -OCH3 is 1. The molecule has 0 spiro atoms. The molecule has 3 aromatic carbocycles. The number of aromatic nitrogens is 3. The Bertz CT molecular complexity index is 1410. The molecular weight excluding hydrogens is 444 g/mol. The van der Waals surface area contributed by atoms with Gasteiger partial charge in [-0.1, -0.05) is 65.9 Å². The predicted octanol–water partition coefficient (Wildman–Crippen LogP) is 5.88. The fourth-order valence-electron chi connectivity index (χ4n) is 4.69. The van der Waals surface area contributed by atoms with Gasteiger partial charge in [-0.05, 0) is 43.0 Å². The smallest absolute Gasteiger partial charge is 0.227 e. The predicted molar refractivity (Wildman–Crippen MR) is 134 cm³/mol. The highest BCUT2D eigenvalue weighted by molar-refractivity contribution is 7.98. The van der Waals surface area contributed by atoms with Gasteiger partial charge in [-0.25, -0.2) is 4.68 Å². The fraction of sp³-hybridized carbons (Fsp3) is 0.185. The van der Waals surface area contributed by atoms with E-state index in [2.05, 4.69) is 48.6 Å². The summed E-state index contributed by atoms with van der Waals surface area (Å²) in [6.07, 6.45) is 1.67. The number of hydrogen-bond acceptors (Lipinski definition) is 6. The molecule has 0 fully saturated rings. The summed E-state index contributed by atoms with van der Waals surface area (Å²) in [4.78, 5) is 4.76. The van der Waals surface area contributed by atoms with E-state index in [9.17, 15) is 0 Å². The average Bonchev–Trinajstić information content (AvgIpc) is 3.30. The van der Waals surface area contributed by atoms with Crippen molar-refractivity contribution >= 4 is 23.4 Å². The second-order valence-corrected chi connectivity index (χ2v) is 9.18. The van der Waals surface area contributed by atoms with E-state index >= 15 is 0 Å². The normalized spacial score (nSPS) is 18.3. The lowest BCUT2D eigenvalue weighted by molar-refractivity contribution is 0.222. The number of aryl methyl sites for hydroxylation is 1. The maximum absolute atomic E-state index is 6.69. The summed E-state index contributed by atoms with van der Waals surface area (Å²) in [5, 5.41) is 9.17. The number of fused-ring (bicyclic) bond motifs is 3. The lowest BCUT2D eigenvalue weighted by atomic mass is 9.84. The molecule has 0 unspecified atom stereocenters. The maximum Gasteiger partial charge on any atom is 0.227 e. The van der Waals surface area contributed by atoms with Gasteiger partial charge < -0.3 is 14.8 Å². The lowest BCUT2D eigenvalue weighted by Crippen LogP contribution is -2.32. The zero-order valence-electron chi connectivity index (χ0n) is 19.1. The molecule has 2 aliphatic heterocycles. The Morgan fingerprint density at radius 2 is 1.82 bits per heavy atom. The zero-order chi connectivity index (χ0) is 23.2. The quantitative estimate of drug-likeness (QED) is 0.378. The van der Waals surface area contributed by atoms with E-state index in [-0.39, 0.29) is 12.1 Å². The molecule has 0 aliphatic carbocycles. The molecule has 1 N–H and O–H groups in total. The Morgan fingerprint density at radius 1 is 1.00 bits per heavy atom. The third-order valence-electron chi connectivity index (χ3n) is 6.33. The van der Waals surface area contributed by atoms with Crippen molar-refractivity contribution < 1.29 is 9.47 Å². The zero-order valence-corrected chi connectivity index (χ0v) is 20.0. The second-order valence-electron chi connectivity index (χ2n) is 8.41. The largest absolute Gasteiger partial charge is 0.497 e. The highest BCUT2D eigenvalue weighted by Gasteiger charge is 2.41. The molecule has 3 heterocycles. The van der Waals surface area contributed by atoms with Crippen molar-refractivity contribution in [1.29, 1.82) is 0 Å². The van der Waals surface area contributed by atoms with Gasteiger partial charge in [0.2, 0.25) is 11.1 Å². The molecule has 6 nitrogen and oxygen atoms in total. The summed E-state index contributed by atoms with van der Waals surface area (Å²) in [7, 11) is 1.68. The van der Waals surface area contributed by atoms with E-state index < -0.39 is 0 Å². The van der Waals surface area contributed by atoms with Gasteiger partial charge in [0.1, 0.15) is 23.6 Å². The SMILES string of the molecule is COc1cccc([C@H]2Oc3ccccc3C3=C2[C@H](c2ccc(C)cc2)n2nc(SC)nc2N3)c1. The maximum atomic E-state index is 6.69. The van der Waals surface area contributed by atoms with Crippen molar-refractivity contribution in [3.8, 4) is 11.5 Å². The van der Waals surface area contributed by atoms with E-state index in [1.54, 1.807) is 7.11 Å². The van der Waals surface area contributed by atoms with Crippen LogP contribution in [0.25, 0.3) is 5.70 Å². The number of rotatable bonds is 4. The van der Waals surface area contributed by atoms with Crippen LogP contribution in [-0.2, 0) is 0 Å². The summed E-state index contributed by atoms with van der Waals surface area (Å²) >= 11 is 1.53. The third-order valence-corrected chi connectivity index (χ3v) is 6.87. The van der Waals surface area contributed by atoms with Crippen LogP contribution in [0, 0.1) is 6.92 Å². The first kappa shape index (κ1) is 20.9. The van der Waals surface area contributed by atoms with Crippen LogP contribution in [0.1, 0.15) is 34.4 Å². The van der Waals surface area contributed by atoms with E-state index in [1.165, 1.54) is 17.3 Å². The Morgan fingerprint density at radius 3 is 2.62 bits per heavy atom. The molecule has 34 heavy (non-hydrogen) atoms. The van der Waals surface area contributed by atoms with Gasteiger partial charge in [0, 0.05) is 16.7 Å². The number of nitrogens with zero attached hydrogens (tertiary/aromatic N) is 3. The number of benzene rings is 3. The van der Waals surface area contributed by atoms with Gasteiger partial charge >= 0.3 is 0 Å². The Labute approximate surface area is 202 Å². The molecule has 0 saturated carbocycles. The van der Waals surface area contributed by atoms with E-state index in [0.717, 1.165) is 50.6 Å². The first-order chi connectivity index (χ1) is 16.7. The minimum Gasteiger partial charge on any atom is -0.497 e. The number of ether oxygens (including phenoxy) is 2. The van der Waals surface area contributed by atoms with Gasteiger partial charge in [0.05, 0.1) is 12.8 Å². The molecule has 6 rings (SSSR count). The van der Waals surface area contributed by atoms with Crippen LogP contribution < -0.4 is 14.8 Å². The van der Waals surface area contributed by atoms with E-state index in [0.29, 0.717) is 0 Å². The van der Waals surface area contributed by atoms with Gasteiger partial charge in [0.15, 0.2) is 0 Å². The molecule has 1 aromatic heterocycles. The summed E-state index contributed by atoms with van der Waals surface area (Å²) < 4.78 is 14.2. The topological polar surface area (TPSA) is 61.2 Å². The van der Waals surface area contributed by atoms with Crippen LogP contribution in [0.5, 0.6) is 11.5 Å². The third kappa shape index (κ3) is 3.35. The van der Waals surface area contributed by atoms with Gasteiger partial charge in [-0.2, -0.15) is 4.98 Å². The van der Waals surface area contributed by atoms with Crippen molar-refractivity contribution in [3.63, 3.8) is 0 Å². The molecule has 2 atom stereocenters. The molecular formula is C27H24N4O2S. The second kappa shape index (κ2) is 8.25. The van der Waals surface area contributed by atoms with Gasteiger partial charge in [-0.15, -0.1) is 5.10 Å². The Kier molecular flexibility index (Phi) is 5.07. The number of hydrogen-bond donors (Lipinski definition) is 1.